The third-order valence-corrected chi connectivity index (χ3v) is 3.52. The molecule has 4 nitrogen and oxygen atoms in total. The number of aryl methyl sites for hydroxylation is 1. The van der Waals surface area contributed by atoms with Gasteiger partial charge in [0.1, 0.15) is 5.82 Å². The van der Waals surface area contributed by atoms with Crippen LogP contribution in [0.4, 0.5) is 4.39 Å². The van der Waals surface area contributed by atoms with E-state index in [4.69, 9.17) is 0 Å². The molecule has 0 spiro atoms. The zero-order valence-electron chi connectivity index (χ0n) is 12.9. The average Bonchev–Trinajstić information content (AvgIpc) is 2.94. The predicted octanol–water partition coefficient (Wildman–Crippen LogP) is 3.55. The second-order valence-electron chi connectivity index (χ2n) is 5.26. The number of hydrogen-bond donors (Lipinski definition) is 1. The molecule has 0 saturated heterocycles. The molecule has 0 amide bonds. The van der Waals surface area contributed by atoms with Crippen molar-refractivity contribution in [1.82, 2.24) is 20.3 Å². The van der Waals surface area contributed by atoms with Crippen LogP contribution in [-0.4, -0.2) is 21.5 Å². The molecule has 2 rings (SSSR count). The van der Waals surface area contributed by atoms with E-state index >= 15 is 0 Å². The van der Waals surface area contributed by atoms with Gasteiger partial charge in [0.15, 0.2) is 0 Å². The van der Waals surface area contributed by atoms with Crippen LogP contribution in [0.1, 0.15) is 45.2 Å². The fourth-order valence-electron chi connectivity index (χ4n) is 2.33. The van der Waals surface area contributed by atoms with Gasteiger partial charge in [-0.05, 0) is 44.0 Å². The molecule has 1 heterocycles. The summed E-state index contributed by atoms with van der Waals surface area (Å²) in [7, 11) is 0. The molecule has 0 saturated carbocycles. The van der Waals surface area contributed by atoms with E-state index in [1.165, 1.54) is 6.07 Å². The first-order valence-electron chi connectivity index (χ1n) is 7.59. The highest BCUT2D eigenvalue weighted by molar-refractivity contribution is 5.60. The standard InChI is InChI=1S/C16H23FN4/c1-4-8-18-12(3)13-6-7-15(17)14(10-13)16-11-19-20-21(16)9-5-2/h6-7,10-12,18H,4-5,8-9H2,1-3H3. The SMILES string of the molecule is CCCNC(C)c1ccc(F)c(-c2cnnn2CCC)c1. The van der Waals surface area contributed by atoms with Gasteiger partial charge in [-0.25, -0.2) is 9.07 Å². The largest absolute Gasteiger partial charge is 0.310 e. The number of aromatic nitrogens is 3. The summed E-state index contributed by atoms with van der Waals surface area (Å²) < 4.78 is 15.9. The molecule has 1 aromatic carbocycles. The Morgan fingerprint density at radius 3 is 2.81 bits per heavy atom. The van der Waals surface area contributed by atoms with Gasteiger partial charge in [-0.15, -0.1) is 5.10 Å². The second-order valence-corrected chi connectivity index (χ2v) is 5.26. The lowest BCUT2D eigenvalue weighted by Gasteiger charge is -2.15. The maximum atomic E-state index is 14.2. The average molecular weight is 290 g/mol. The smallest absolute Gasteiger partial charge is 0.132 e. The van der Waals surface area contributed by atoms with Gasteiger partial charge in [0, 0.05) is 18.2 Å². The molecule has 1 aromatic heterocycles. The van der Waals surface area contributed by atoms with Crippen LogP contribution >= 0.6 is 0 Å². The van der Waals surface area contributed by atoms with E-state index in [9.17, 15) is 4.39 Å². The van der Waals surface area contributed by atoms with Gasteiger partial charge in [0.2, 0.25) is 0 Å². The van der Waals surface area contributed by atoms with Gasteiger partial charge in [-0.1, -0.05) is 25.1 Å². The highest BCUT2D eigenvalue weighted by Gasteiger charge is 2.14. The van der Waals surface area contributed by atoms with Crippen molar-refractivity contribution in [1.29, 1.82) is 0 Å². The molecule has 0 bridgehead atoms. The fraction of sp³-hybridized carbons (Fsp3) is 0.500. The van der Waals surface area contributed by atoms with E-state index in [1.807, 2.05) is 12.1 Å². The molecule has 114 valence electrons. The van der Waals surface area contributed by atoms with Gasteiger partial charge in [-0.2, -0.15) is 0 Å². The maximum absolute atomic E-state index is 14.2. The van der Waals surface area contributed by atoms with Crippen molar-refractivity contribution in [3.05, 3.63) is 35.8 Å². The van der Waals surface area contributed by atoms with E-state index in [0.29, 0.717) is 5.56 Å². The molecular weight excluding hydrogens is 267 g/mol. The first-order valence-corrected chi connectivity index (χ1v) is 7.59. The summed E-state index contributed by atoms with van der Waals surface area (Å²) in [5.74, 6) is -0.235. The monoisotopic (exact) mass is 290 g/mol. The highest BCUT2D eigenvalue weighted by Crippen LogP contribution is 2.26. The number of hydrogen-bond acceptors (Lipinski definition) is 3. The Morgan fingerprint density at radius 2 is 2.10 bits per heavy atom. The summed E-state index contributed by atoms with van der Waals surface area (Å²) in [5.41, 5.74) is 2.37. The number of nitrogens with zero attached hydrogens (tertiary/aromatic N) is 3. The van der Waals surface area contributed by atoms with Crippen molar-refractivity contribution in [2.45, 2.75) is 46.2 Å². The Morgan fingerprint density at radius 1 is 1.29 bits per heavy atom. The van der Waals surface area contributed by atoms with Crippen molar-refractivity contribution < 1.29 is 4.39 Å². The van der Waals surface area contributed by atoms with Crippen LogP contribution < -0.4 is 5.32 Å². The molecular formula is C16H23FN4. The Bertz CT molecular complexity index is 579. The summed E-state index contributed by atoms with van der Waals surface area (Å²) in [4.78, 5) is 0. The third-order valence-electron chi connectivity index (χ3n) is 3.52. The fourth-order valence-corrected chi connectivity index (χ4v) is 2.33. The number of nitrogens with one attached hydrogen (secondary N) is 1. The lowest BCUT2D eigenvalue weighted by atomic mass is 10.0. The van der Waals surface area contributed by atoms with Crippen molar-refractivity contribution in [3.8, 4) is 11.3 Å². The first kappa shape index (κ1) is 15.6. The van der Waals surface area contributed by atoms with Gasteiger partial charge >= 0.3 is 0 Å². The Kier molecular flexibility index (Phi) is 5.44. The van der Waals surface area contributed by atoms with Crippen molar-refractivity contribution in [2.24, 2.45) is 0 Å². The van der Waals surface area contributed by atoms with Gasteiger partial charge < -0.3 is 5.32 Å². The van der Waals surface area contributed by atoms with Gasteiger partial charge in [0.05, 0.1) is 11.9 Å². The molecule has 1 unspecified atom stereocenters. The number of halogens is 1. The molecule has 0 aliphatic rings. The van der Waals surface area contributed by atoms with Crippen LogP contribution in [0.15, 0.2) is 24.4 Å². The summed E-state index contributed by atoms with van der Waals surface area (Å²) >= 11 is 0. The second kappa shape index (κ2) is 7.31. The molecule has 1 N–H and O–H groups in total. The molecule has 2 aromatic rings. The third kappa shape index (κ3) is 3.67. The van der Waals surface area contributed by atoms with Crippen LogP contribution in [0, 0.1) is 5.82 Å². The van der Waals surface area contributed by atoms with Crippen molar-refractivity contribution in [3.63, 3.8) is 0 Å². The molecule has 5 heteroatoms. The van der Waals surface area contributed by atoms with E-state index in [1.54, 1.807) is 10.9 Å². The van der Waals surface area contributed by atoms with Crippen LogP contribution in [0.2, 0.25) is 0 Å². The highest BCUT2D eigenvalue weighted by atomic mass is 19.1. The van der Waals surface area contributed by atoms with Gasteiger partial charge in [-0.3, -0.25) is 0 Å². The minimum atomic E-state index is -0.235. The normalized spacial score (nSPS) is 12.6. The van der Waals surface area contributed by atoms with E-state index < -0.39 is 0 Å². The van der Waals surface area contributed by atoms with Crippen LogP contribution in [0.5, 0.6) is 0 Å². The molecule has 0 aliphatic carbocycles. The summed E-state index contributed by atoms with van der Waals surface area (Å²) in [6.07, 6.45) is 3.64. The van der Waals surface area contributed by atoms with Crippen molar-refractivity contribution in [2.75, 3.05) is 6.54 Å². The first-order chi connectivity index (χ1) is 10.2. The minimum Gasteiger partial charge on any atom is -0.310 e. The van der Waals surface area contributed by atoms with E-state index in [-0.39, 0.29) is 11.9 Å². The zero-order valence-corrected chi connectivity index (χ0v) is 12.9. The Labute approximate surface area is 125 Å². The summed E-state index contributed by atoms with van der Waals surface area (Å²) in [5, 5.41) is 11.4. The summed E-state index contributed by atoms with van der Waals surface area (Å²) in [6.45, 7) is 7.97. The number of benzene rings is 1. The summed E-state index contributed by atoms with van der Waals surface area (Å²) in [6, 6.07) is 5.45. The molecule has 21 heavy (non-hydrogen) atoms. The maximum Gasteiger partial charge on any atom is 0.132 e. The van der Waals surface area contributed by atoms with Gasteiger partial charge in [0.25, 0.3) is 0 Å². The van der Waals surface area contributed by atoms with Crippen LogP contribution in [-0.2, 0) is 6.54 Å². The van der Waals surface area contributed by atoms with Crippen LogP contribution in [0.25, 0.3) is 11.3 Å². The van der Waals surface area contributed by atoms with Crippen molar-refractivity contribution >= 4 is 0 Å². The zero-order chi connectivity index (χ0) is 15.2. The molecule has 1 atom stereocenters. The Hall–Kier alpha value is -1.75. The van der Waals surface area contributed by atoms with E-state index in [2.05, 4.69) is 36.4 Å². The molecule has 0 fully saturated rings. The lowest BCUT2D eigenvalue weighted by molar-refractivity contribution is 0.565. The lowest BCUT2D eigenvalue weighted by Crippen LogP contribution is -2.19. The van der Waals surface area contributed by atoms with E-state index in [0.717, 1.165) is 37.2 Å². The van der Waals surface area contributed by atoms with Crippen LogP contribution in [0.3, 0.4) is 0 Å². The predicted molar refractivity (Wildman–Crippen MR) is 82.4 cm³/mol. The quantitative estimate of drug-likeness (QED) is 0.848. The molecule has 0 radical (unpaired) electrons. The topological polar surface area (TPSA) is 42.7 Å². The number of rotatable bonds is 7. The molecule has 0 aliphatic heterocycles. The minimum absolute atomic E-state index is 0.194. The Balaban J connectivity index is 2.32.